The van der Waals surface area contributed by atoms with E-state index in [0.717, 1.165) is 12.5 Å². The molecule has 0 aliphatic carbocycles. The van der Waals surface area contributed by atoms with Gasteiger partial charge in [0.15, 0.2) is 0 Å². The van der Waals surface area contributed by atoms with Crippen LogP contribution >= 0.6 is 0 Å². The lowest BCUT2D eigenvalue weighted by Gasteiger charge is -2.33. The number of esters is 2. The van der Waals surface area contributed by atoms with Gasteiger partial charge in [0, 0.05) is 6.08 Å². The summed E-state index contributed by atoms with van der Waals surface area (Å²) in [6.07, 6.45) is 1.87. The molecule has 0 N–H and O–H groups in total. The predicted molar refractivity (Wildman–Crippen MR) is 90.0 cm³/mol. The number of carbonyl (C=O) groups is 2. The topological polar surface area (TPSA) is 61.8 Å². The third kappa shape index (κ3) is 10.9. The molecule has 5 nitrogen and oxygen atoms in total. The van der Waals surface area contributed by atoms with E-state index in [1.165, 1.54) is 0 Å². The van der Waals surface area contributed by atoms with Gasteiger partial charge in [-0.15, -0.1) is 0 Å². The first-order valence-electron chi connectivity index (χ1n) is 8.01. The number of ether oxygens (including phenoxy) is 3. The van der Waals surface area contributed by atoms with Gasteiger partial charge in [-0.2, -0.15) is 0 Å². The van der Waals surface area contributed by atoms with E-state index < -0.39 is 5.97 Å². The van der Waals surface area contributed by atoms with E-state index in [1.54, 1.807) is 0 Å². The van der Waals surface area contributed by atoms with Crippen molar-refractivity contribution in [3.63, 3.8) is 0 Å². The average Bonchev–Trinajstić information content (AvgIpc) is 2.41. The van der Waals surface area contributed by atoms with Gasteiger partial charge in [-0.25, -0.2) is 4.79 Å². The Bertz CT molecular complexity index is 387. The summed E-state index contributed by atoms with van der Waals surface area (Å²) in [5.74, 6) is -0.819. The fraction of sp³-hybridized carbons (Fsp3) is 0.778. The van der Waals surface area contributed by atoms with Crippen LogP contribution in [0.2, 0.25) is 0 Å². The number of rotatable bonds is 9. The van der Waals surface area contributed by atoms with Gasteiger partial charge in [0.25, 0.3) is 0 Å². The zero-order chi connectivity index (χ0) is 18.1. The Morgan fingerprint density at radius 1 is 0.957 bits per heavy atom. The number of hydrogen-bond donors (Lipinski definition) is 0. The van der Waals surface area contributed by atoms with E-state index in [0.29, 0.717) is 0 Å². The van der Waals surface area contributed by atoms with Crippen LogP contribution in [0, 0.1) is 16.7 Å². The van der Waals surface area contributed by atoms with E-state index >= 15 is 0 Å². The fourth-order valence-electron chi connectivity index (χ4n) is 2.02. The van der Waals surface area contributed by atoms with Gasteiger partial charge >= 0.3 is 11.9 Å². The molecular weight excluding hydrogens is 296 g/mol. The van der Waals surface area contributed by atoms with Crippen molar-refractivity contribution in [2.24, 2.45) is 16.7 Å². The molecule has 0 aliphatic heterocycles. The van der Waals surface area contributed by atoms with Crippen LogP contribution in [0.3, 0.4) is 0 Å². The fourth-order valence-corrected chi connectivity index (χ4v) is 2.02. The minimum atomic E-state index is -0.477. The zero-order valence-electron chi connectivity index (χ0n) is 15.4. The first-order valence-corrected chi connectivity index (χ1v) is 8.01. The Hall–Kier alpha value is -1.36. The van der Waals surface area contributed by atoms with Crippen LogP contribution in [0.15, 0.2) is 12.7 Å². The Balaban J connectivity index is 4.10. The summed E-state index contributed by atoms with van der Waals surface area (Å²) in [7, 11) is 0. The van der Waals surface area contributed by atoms with Crippen molar-refractivity contribution in [1.29, 1.82) is 0 Å². The molecule has 0 radical (unpaired) electrons. The van der Waals surface area contributed by atoms with Crippen molar-refractivity contribution >= 4 is 11.9 Å². The standard InChI is InChI=1S/C18H32O5/c1-8-15(19)22-11-9-21-10-12-23-16(20)14(18(5,6)7)13-17(2,3)4/h8,14H,1,9-13H2,2-7H3. The molecule has 0 fully saturated rings. The van der Waals surface area contributed by atoms with Crippen molar-refractivity contribution < 1.29 is 23.8 Å². The molecule has 0 rings (SSSR count). The first kappa shape index (κ1) is 21.6. The average molecular weight is 328 g/mol. The molecule has 0 aromatic heterocycles. The van der Waals surface area contributed by atoms with Crippen LogP contribution in [-0.4, -0.2) is 38.4 Å². The molecule has 23 heavy (non-hydrogen) atoms. The van der Waals surface area contributed by atoms with E-state index in [1.807, 2.05) is 0 Å². The lowest BCUT2D eigenvalue weighted by atomic mass is 9.72. The van der Waals surface area contributed by atoms with Gasteiger partial charge in [0.2, 0.25) is 0 Å². The SMILES string of the molecule is C=CC(=O)OCCOCCOC(=O)C(CC(C)(C)C)C(C)(C)C. The molecule has 0 aromatic rings. The Morgan fingerprint density at radius 3 is 1.91 bits per heavy atom. The second-order valence-corrected chi connectivity index (χ2v) is 7.83. The summed E-state index contributed by atoms with van der Waals surface area (Å²) in [6.45, 7) is 16.7. The van der Waals surface area contributed by atoms with Crippen LogP contribution in [0.1, 0.15) is 48.0 Å². The van der Waals surface area contributed by atoms with Crippen molar-refractivity contribution in [2.45, 2.75) is 48.0 Å². The molecule has 0 heterocycles. The molecule has 0 amide bonds. The quantitative estimate of drug-likeness (QED) is 0.369. The molecular formula is C18H32O5. The van der Waals surface area contributed by atoms with Gasteiger partial charge in [0.1, 0.15) is 13.2 Å². The third-order valence-electron chi connectivity index (χ3n) is 3.26. The second-order valence-electron chi connectivity index (χ2n) is 7.83. The number of hydrogen-bond acceptors (Lipinski definition) is 5. The van der Waals surface area contributed by atoms with Crippen molar-refractivity contribution in [3.05, 3.63) is 12.7 Å². The van der Waals surface area contributed by atoms with Crippen LogP contribution in [0.5, 0.6) is 0 Å². The summed E-state index contributed by atoms with van der Waals surface area (Å²) in [4.78, 5) is 23.1. The molecule has 0 bridgehead atoms. The smallest absolute Gasteiger partial charge is 0.330 e. The van der Waals surface area contributed by atoms with Gasteiger partial charge in [-0.1, -0.05) is 48.1 Å². The summed E-state index contributed by atoms with van der Waals surface area (Å²) in [6, 6.07) is 0. The summed E-state index contributed by atoms with van der Waals surface area (Å²) < 4.78 is 15.4. The third-order valence-corrected chi connectivity index (χ3v) is 3.26. The van der Waals surface area contributed by atoms with Gasteiger partial charge in [-0.3, -0.25) is 4.79 Å². The monoisotopic (exact) mass is 328 g/mol. The van der Waals surface area contributed by atoms with E-state index in [9.17, 15) is 9.59 Å². The van der Waals surface area contributed by atoms with Gasteiger partial charge < -0.3 is 14.2 Å². The molecule has 0 spiro atoms. The van der Waals surface area contributed by atoms with E-state index in [4.69, 9.17) is 14.2 Å². The minimum absolute atomic E-state index is 0.0580. The van der Waals surface area contributed by atoms with Crippen molar-refractivity contribution in [1.82, 2.24) is 0 Å². The van der Waals surface area contributed by atoms with Crippen LogP contribution in [-0.2, 0) is 23.8 Å². The normalized spacial score (nSPS) is 13.3. The van der Waals surface area contributed by atoms with E-state index in [2.05, 4.69) is 48.1 Å². The summed E-state index contributed by atoms with van der Waals surface area (Å²) >= 11 is 0. The molecule has 0 saturated carbocycles. The van der Waals surface area contributed by atoms with Gasteiger partial charge in [-0.05, 0) is 17.3 Å². The first-order chi connectivity index (χ1) is 10.5. The molecule has 5 heteroatoms. The molecule has 0 aromatic carbocycles. The van der Waals surface area contributed by atoms with E-state index in [-0.39, 0.29) is 49.1 Å². The maximum Gasteiger partial charge on any atom is 0.330 e. The van der Waals surface area contributed by atoms with Crippen LogP contribution in [0.4, 0.5) is 0 Å². The summed E-state index contributed by atoms with van der Waals surface area (Å²) in [5.41, 5.74) is -0.0907. The lowest BCUT2D eigenvalue weighted by molar-refractivity contribution is -0.155. The zero-order valence-corrected chi connectivity index (χ0v) is 15.4. The predicted octanol–water partition coefficient (Wildman–Crippen LogP) is 3.37. The molecule has 134 valence electrons. The molecule has 0 aliphatic rings. The molecule has 0 saturated heterocycles. The highest BCUT2D eigenvalue weighted by molar-refractivity contribution is 5.81. The van der Waals surface area contributed by atoms with Crippen LogP contribution in [0.25, 0.3) is 0 Å². The lowest BCUT2D eigenvalue weighted by Crippen LogP contribution is -2.34. The highest BCUT2D eigenvalue weighted by Crippen LogP contribution is 2.36. The largest absolute Gasteiger partial charge is 0.463 e. The van der Waals surface area contributed by atoms with Crippen molar-refractivity contribution in [2.75, 3.05) is 26.4 Å². The van der Waals surface area contributed by atoms with Crippen LogP contribution < -0.4 is 0 Å². The Morgan fingerprint density at radius 2 is 1.48 bits per heavy atom. The van der Waals surface area contributed by atoms with Crippen molar-refractivity contribution in [3.8, 4) is 0 Å². The molecule has 1 atom stereocenters. The minimum Gasteiger partial charge on any atom is -0.463 e. The Labute approximate surface area is 140 Å². The molecule has 1 unspecified atom stereocenters. The maximum atomic E-state index is 12.3. The highest BCUT2D eigenvalue weighted by atomic mass is 16.6. The van der Waals surface area contributed by atoms with Gasteiger partial charge in [0.05, 0.1) is 19.1 Å². The second kappa shape index (κ2) is 9.71. The maximum absolute atomic E-state index is 12.3. The summed E-state index contributed by atoms with van der Waals surface area (Å²) in [5, 5.41) is 0. The Kier molecular flexibility index (Phi) is 9.13. The highest BCUT2D eigenvalue weighted by Gasteiger charge is 2.35. The number of carbonyl (C=O) groups excluding carboxylic acids is 2.